The third kappa shape index (κ3) is 1.38. The second-order valence-corrected chi connectivity index (χ2v) is 3.94. The molecule has 0 bridgehead atoms. The normalized spacial score (nSPS) is 10.9. The minimum absolute atomic E-state index is 0.160. The summed E-state index contributed by atoms with van der Waals surface area (Å²) >= 11 is 0. The number of nitrogens with zero attached hydrogens (tertiary/aromatic N) is 2. The highest BCUT2D eigenvalue weighted by Gasteiger charge is 2.14. The van der Waals surface area contributed by atoms with Crippen molar-refractivity contribution in [2.24, 2.45) is 7.05 Å². The number of aryl methyl sites for hydroxylation is 2. The summed E-state index contributed by atoms with van der Waals surface area (Å²) in [5.41, 5.74) is 3.59. The largest absolute Gasteiger partial charge is 0.348 e. The number of hydrogen-bond acceptors (Lipinski definition) is 2. The standard InChI is InChI=1S/C12H14N2O2/c1-4-10-8(2)13(3)12-6-5-9(14(15)16)7-11(10)12/h5-7H,4H2,1-3H3. The molecular weight excluding hydrogens is 204 g/mol. The highest BCUT2D eigenvalue weighted by Crippen LogP contribution is 2.28. The lowest BCUT2D eigenvalue weighted by molar-refractivity contribution is -0.384. The summed E-state index contributed by atoms with van der Waals surface area (Å²) in [5, 5.41) is 11.7. The van der Waals surface area contributed by atoms with E-state index < -0.39 is 0 Å². The lowest BCUT2D eigenvalue weighted by atomic mass is 10.1. The summed E-state index contributed by atoms with van der Waals surface area (Å²) < 4.78 is 2.08. The molecule has 0 saturated heterocycles. The molecule has 0 fully saturated rings. The summed E-state index contributed by atoms with van der Waals surface area (Å²) in [6.07, 6.45) is 0.893. The number of benzene rings is 1. The van der Waals surface area contributed by atoms with Crippen LogP contribution in [0.5, 0.6) is 0 Å². The average Bonchev–Trinajstić information content (AvgIpc) is 2.51. The van der Waals surface area contributed by atoms with Gasteiger partial charge in [0.2, 0.25) is 0 Å². The molecule has 1 heterocycles. The molecule has 0 amide bonds. The molecule has 84 valence electrons. The minimum atomic E-state index is -0.346. The van der Waals surface area contributed by atoms with E-state index in [4.69, 9.17) is 0 Å². The van der Waals surface area contributed by atoms with Crippen LogP contribution in [-0.2, 0) is 13.5 Å². The van der Waals surface area contributed by atoms with Crippen LogP contribution >= 0.6 is 0 Å². The lowest BCUT2D eigenvalue weighted by Crippen LogP contribution is -1.91. The second-order valence-electron chi connectivity index (χ2n) is 3.94. The topological polar surface area (TPSA) is 48.1 Å². The Morgan fingerprint density at radius 3 is 2.69 bits per heavy atom. The van der Waals surface area contributed by atoms with Gasteiger partial charge in [0, 0.05) is 35.8 Å². The van der Waals surface area contributed by atoms with Crippen molar-refractivity contribution in [3.63, 3.8) is 0 Å². The maximum absolute atomic E-state index is 10.7. The lowest BCUT2D eigenvalue weighted by Gasteiger charge is -1.98. The van der Waals surface area contributed by atoms with Gasteiger partial charge in [-0.3, -0.25) is 10.1 Å². The third-order valence-corrected chi connectivity index (χ3v) is 3.17. The molecular formula is C12H14N2O2. The number of non-ortho nitro benzene ring substituents is 1. The molecule has 2 aromatic rings. The quantitative estimate of drug-likeness (QED) is 0.574. The van der Waals surface area contributed by atoms with E-state index in [-0.39, 0.29) is 10.6 Å². The van der Waals surface area contributed by atoms with Gasteiger partial charge in [-0.1, -0.05) is 6.92 Å². The Bertz CT molecular complexity index is 570. The Hall–Kier alpha value is -1.84. The van der Waals surface area contributed by atoms with Crippen molar-refractivity contribution in [2.45, 2.75) is 20.3 Å². The van der Waals surface area contributed by atoms with Crippen molar-refractivity contribution in [3.05, 3.63) is 39.6 Å². The van der Waals surface area contributed by atoms with Gasteiger partial charge in [0.15, 0.2) is 0 Å². The van der Waals surface area contributed by atoms with Crippen LogP contribution in [0.2, 0.25) is 0 Å². The average molecular weight is 218 g/mol. The van der Waals surface area contributed by atoms with E-state index in [1.807, 2.05) is 20.0 Å². The second kappa shape index (κ2) is 3.63. The zero-order chi connectivity index (χ0) is 11.9. The van der Waals surface area contributed by atoms with Gasteiger partial charge in [-0.2, -0.15) is 0 Å². The van der Waals surface area contributed by atoms with Gasteiger partial charge in [0.1, 0.15) is 0 Å². The van der Waals surface area contributed by atoms with Gasteiger partial charge in [-0.05, 0) is 25.0 Å². The fraction of sp³-hybridized carbons (Fsp3) is 0.333. The molecule has 1 aromatic heterocycles. The van der Waals surface area contributed by atoms with Crippen molar-refractivity contribution in [1.29, 1.82) is 0 Å². The number of nitro benzene ring substituents is 1. The van der Waals surface area contributed by atoms with E-state index in [2.05, 4.69) is 11.5 Å². The Kier molecular flexibility index (Phi) is 2.42. The molecule has 0 aliphatic rings. The maximum Gasteiger partial charge on any atom is 0.270 e. The van der Waals surface area contributed by atoms with Crippen LogP contribution in [0.25, 0.3) is 10.9 Å². The molecule has 2 rings (SSSR count). The van der Waals surface area contributed by atoms with Crippen LogP contribution in [0.3, 0.4) is 0 Å². The van der Waals surface area contributed by atoms with Crippen LogP contribution in [0.4, 0.5) is 5.69 Å². The van der Waals surface area contributed by atoms with Crippen LogP contribution in [0, 0.1) is 17.0 Å². The molecule has 4 heteroatoms. The number of fused-ring (bicyclic) bond motifs is 1. The van der Waals surface area contributed by atoms with Crippen LogP contribution in [0.15, 0.2) is 18.2 Å². The Balaban J connectivity index is 2.81. The Labute approximate surface area is 93.6 Å². The first-order chi connectivity index (χ1) is 7.56. The number of aromatic nitrogens is 1. The molecule has 4 nitrogen and oxygen atoms in total. The number of rotatable bonds is 2. The van der Waals surface area contributed by atoms with Crippen molar-refractivity contribution in [1.82, 2.24) is 4.57 Å². The first kappa shape index (κ1) is 10.7. The summed E-state index contributed by atoms with van der Waals surface area (Å²) in [6.45, 7) is 4.12. The highest BCUT2D eigenvalue weighted by atomic mass is 16.6. The maximum atomic E-state index is 10.7. The monoisotopic (exact) mass is 218 g/mol. The van der Waals surface area contributed by atoms with Gasteiger partial charge in [0.25, 0.3) is 5.69 Å². The van der Waals surface area contributed by atoms with E-state index in [1.165, 1.54) is 11.3 Å². The van der Waals surface area contributed by atoms with Crippen molar-refractivity contribution in [2.75, 3.05) is 0 Å². The first-order valence-corrected chi connectivity index (χ1v) is 5.28. The van der Waals surface area contributed by atoms with Gasteiger partial charge in [-0.15, -0.1) is 0 Å². The summed E-state index contributed by atoms with van der Waals surface area (Å²) in [6, 6.07) is 5.04. The molecule has 0 atom stereocenters. The molecule has 0 aliphatic heterocycles. The molecule has 0 radical (unpaired) electrons. The SMILES string of the molecule is CCc1c(C)n(C)c2ccc([N+](=O)[O-])cc12. The van der Waals surface area contributed by atoms with E-state index in [0.717, 1.165) is 17.3 Å². The van der Waals surface area contributed by atoms with Crippen molar-refractivity contribution < 1.29 is 4.92 Å². The van der Waals surface area contributed by atoms with Gasteiger partial charge >= 0.3 is 0 Å². The molecule has 0 saturated carbocycles. The summed E-state index contributed by atoms with van der Waals surface area (Å²) in [7, 11) is 1.99. The highest BCUT2D eigenvalue weighted by molar-refractivity contribution is 5.87. The minimum Gasteiger partial charge on any atom is -0.348 e. The van der Waals surface area contributed by atoms with E-state index >= 15 is 0 Å². The van der Waals surface area contributed by atoms with E-state index in [9.17, 15) is 10.1 Å². The molecule has 1 aromatic carbocycles. The smallest absolute Gasteiger partial charge is 0.270 e. The molecule has 0 unspecified atom stereocenters. The fourth-order valence-corrected chi connectivity index (χ4v) is 2.20. The fourth-order valence-electron chi connectivity index (χ4n) is 2.20. The van der Waals surface area contributed by atoms with Crippen LogP contribution in [0.1, 0.15) is 18.2 Å². The third-order valence-electron chi connectivity index (χ3n) is 3.17. The predicted molar refractivity (Wildman–Crippen MR) is 63.7 cm³/mol. The van der Waals surface area contributed by atoms with Crippen molar-refractivity contribution in [3.8, 4) is 0 Å². The van der Waals surface area contributed by atoms with Crippen LogP contribution in [-0.4, -0.2) is 9.49 Å². The van der Waals surface area contributed by atoms with E-state index in [0.29, 0.717) is 0 Å². The summed E-state index contributed by atoms with van der Waals surface area (Å²) in [5.74, 6) is 0. The molecule has 0 spiro atoms. The van der Waals surface area contributed by atoms with E-state index in [1.54, 1.807) is 12.1 Å². The molecule has 0 N–H and O–H groups in total. The number of hydrogen-bond donors (Lipinski definition) is 0. The van der Waals surface area contributed by atoms with Crippen molar-refractivity contribution >= 4 is 16.6 Å². The van der Waals surface area contributed by atoms with Gasteiger partial charge in [-0.25, -0.2) is 0 Å². The zero-order valence-corrected chi connectivity index (χ0v) is 9.65. The number of nitro groups is 1. The summed E-state index contributed by atoms with van der Waals surface area (Å²) in [4.78, 5) is 10.4. The molecule has 0 aliphatic carbocycles. The van der Waals surface area contributed by atoms with Gasteiger partial charge in [0.05, 0.1) is 4.92 Å². The van der Waals surface area contributed by atoms with Gasteiger partial charge < -0.3 is 4.57 Å². The van der Waals surface area contributed by atoms with Crippen LogP contribution < -0.4 is 0 Å². The Morgan fingerprint density at radius 2 is 2.12 bits per heavy atom. The first-order valence-electron chi connectivity index (χ1n) is 5.28. The zero-order valence-electron chi connectivity index (χ0n) is 9.65. The molecule has 16 heavy (non-hydrogen) atoms. The Morgan fingerprint density at radius 1 is 1.44 bits per heavy atom. The predicted octanol–water partition coefficient (Wildman–Crippen LogP) is 2.96.